The smallest absolute Gasteiger partial charge is 0.338 e. The number of carbonyl (C=O) groups excluding carboxylic acids is 2. The molecule has 27 heavy (non-hydrogen) atoms. The highest BCUT2D eigenvalue weighted by Gasteiger charge is 2.42. The van der Waals surface area contributed by atoms with Crippen LogP contribution in [0, 0.1) is 0 Å². The number of hydrogen-bond donors (Lipinski definition) is 1. The summed E-state index contributed by atoms with van der Waals surface area (Å²) in [6.07, 6.45) is 2.44. The van der Waals surface area contributed by atoms with Gasteiger partial charge in [-0.15, -0.1) is 11.3 Å². The molecule has 142 valence electrons. The second-order valence-corrected chi connectivity index (χ2v) is 7.84. The Hall–Kier alpha value is -2.38. The maximum Gasteiger partial charge on any atom is 0.338 e. The van der Waals surface area contributed by atoms with Crippen molar-refractivity contribution in [3.8, 4) is 5.75 Å². The molecule has 1 aromatic heterocycles. The van der Waals surface area contributed by atoms with Crippen LogP contribution in [0.25, 0.3) is 0 Å². The first-order valence-electron chi connectivity index (χ1n) is 8.95. The average Bonchev–Trinajstić information content (AvgIpc) is 3.17. The minimum atomic E-state index is -0.585. The van der Waals surface area contributed by atoms with E-state index in [4.69, 9.17) is 4.74 Å². The predicted octanol–water partition coefficient (Wildman–Crippen LogP) is 2.94. The van der Waals surface area contributed by atoms with Crippen molar-refractivity contribution in [1.29, 1.82) is 0 Å². The molecule has 2 aliphatic heterocycles. The largest absolute Gasteiger partial charge is 0.508 e. The van der Waals surface area contributed by atoms with Crippen LogP contribution in [0.3, 0.4) is 0 Å². The van der Waals surface area contributed by atoms with Crippen LogP contribution < -0.4 is 0 Å². The molecular formula is C20H21NO5S. The number of thiophene rings is 1. The third-order valence-electron chi connectivity index (χ3n) is 5.35. The second kappa shape index (κ2) is 6.98. The van der Waals surface area contributed by atoms with Gasteiger partial charge in [-0.05, 0) is 54.5 Å². The topological polar surface area (TPSA) is 76.1 Å². The first kappa shape index (κ1) is 18.0. The van der Waals surface area contributed by atoms with E-state index in [-0.39, 0.29) is 28.4 Å². The van der Waals surface area contributed by atoms with Crippen molar-refractivity contribution in [3.05, 3.63) is 51.2 Å². The monoisotopic (exact) mass is 387 g/mol. The molecule has 1 amide bonds. The summed E-state index contributed by atoms with van der Waals surface area (Å²) in [5, 5.41) is 12.0. The molecule has 0 bridgehead atoms. The summed E-state index contributed by atoms with van der Waals surface area (Å²) < 4.78 is 10.9. The summed E-state index contributed by atoms with van der Waals surface area (Å²) in [7, 11) is 1.26. The molecule has 0 aliphatic carbocycles. The molecule has 1 N–H and O–H groups in total. The van der Waals surface area contributed by atoms with Crippen LogP contribution >= 0.6 is 11.3 Å². The van der Waals surface area contributed by atoms with Crippen LogP contribution in [-0.4, -0.2) is 48.7 Å². The number of likely N-dealkylation sites (tertiary alicyclic amines) is 1. The molecule has 1 spiro atoms. The van der Waals surface area contributed by atoms with Gasteiger partial charge in [-0.1, -0.05) is 0 Å². The molecule has 0 atom stereocenters. The number of amides is 1. The van der Waals surface area contributed by atoms with Gasteiger partial charge >= 0.3 is 5.97 Å². The normalized spacial score (nSPS) is 18.2. The number of fused-ring (bicyclic) bond motifs is 2. The molecule has 2 aliphatic rings. The van der Waals surface area contributed by atoms with Crippen LogP contribution in [-0.2, 0) is 21.5 Å². The van der Waals surface area contributed by atoms with Crippen molar-refractivity contribution in [2.24, 2.45) is 0 Å². The van der Waals surface area contributed by atoms with Crippen molar-refractivity contribution in [2.45, 2.75) is 24.9 Å². The van der Waals surface area contributed by atoms with Gasteiger partial charge in [0.2, 0.25) is 0 Å². The van der Waals surface area contributed by atoms with Crippen LogP contribution in [0.2, 0.25) is 0 Å². The molecule has 4 rings (SSSR count). The molecule has 0 radical (unpaired) electrons. The number of aromatic hydroxyl groups is 1. The van der Waals surface area contributed by atoms with E-state index in [1.807, 2.05) is 0 Å². The fraction of sp³-hybridized carbons (Fsp3) is 0.400. The maximum atomic E-state index is 12.9. The van der Waals surface area contributed by atoms with Crippen molar-refractivity contribution in [1.82, 2.24) is 4.90 Å². The lowest BCUT2D eigenvalue weighted by molar-refractivity contribution is -0.0906. The Balaban J connectivity index is 1.52. The first-order valence-corrected chi connectivity index (χ1v) is 9.83. The third kappa shape index (κ3) is 3.21. The number of hydrogen-bond acceptors (Lipinski definition) is 6. The Morgan fingerprint density at radius 1 is 1.22 bits per heavy atom. The lowest BCUT2D eigenvalue weighted by Crippen LogP contribution is -2.47. The molecule has 1 saturated heterocycles. The number of rotatable bonds is 2. The summed E-state index contributed by atoms with van der Waals surface area (Å²) in [6, 6.07) is 6.31. The van der Waals surface area contributed by atoms with E-state index >= 15 is 0 Å². The minimum Gasteiger partial charge on any atom is -0.508 e. The summed E-state index contributed by atoms with van der Waals surface area (Å²) >= 11 is 1.73. The molecule has 7 heteroatoms. The van der Waals surface area contributed by atoms with E-state index in [1.165, 1.54) is 35.7 Å². The van der Waals surface area contributed by atoms with Gasteiger partial charge in [-0.3, -0.25) is 4.79 Å². The van der Waals surface area contributed by atoms with E-state index in [1.54, 1.807) is 16.2 Å². The van der Waals surface area contributed by atoms with Gasteiger partial charge in [0.1, 0.15) is 11.4 Å². The van der Waals surface area contributed by atoms with Gasteiger partial charge in [0, 0.05) is 23.5 Å². The zero-order valence-corrected chi connectivity index (χ0v) is 15.9. The standard InChI is InChI=1S/C20H21NO5S/c1-25-19(24)15-10-14(11-16(22)12-15)18(23)21-6-4-20(5-7-21)17-13(2-8-26-20)3-9-27-17/h3,9-12,22H,2,4-8H2,1H3. The van der Waals surface area contributed by atoms with E-state index in [0.717, 1.165) is 19.3 Å². The molecule has 1 fully saturated rings. The molecule has 3 heterocycles. The van der Waals surface area contributed by atoms with Gasteiger partial charge in [0.05, 0.1) is 19.3 Å². The molecule has 2 aromatic rings. The Morgan fingerprint density at radius 2 is 1.96 bits per heavy atom. The Kier molecular flexibility index (Phi) is 4.65. The number of phenols is 1. The van der Waals surface area contributed by atoms with Crippen LogP contribution in [0.15, 0.2) is 29.6 Å². The third-order valence-corrected chi connectivity index (χ3v) is 6.50. The molecule has 6 nitrogen and oxygen atoms in total. The average molecular weight is 387 g/mol. The van der Waals surface area contributed by atoms with Gasteiger partial charge in [-0.25, -0.2) is 4.79 Å². The summed E-state index contributed by atoms with van der Waals surface area (Å²) in [4.78, 5) is 27.7. The second-order valence-electron chi connectivity index (χ2n) is 6.92. The van der Waals surface area contributed by atoms with E-state index in [9.17, 15) is 14.7 Å². The maximum absolute atomic E-state index is 12.9. The number of piperidine rings is 1. The number of methoxy groups -OCH3 is 1. The molecule has 0 unspecified atom stereocenters. The number of carbonyl (C=O) groups is 2. The summed E-state index contributed by atoms with van der Waals surface area (Å²) in [5.74, 6) is -0.917. The SMILES string of the molecule is COC(=O)c1cc(O)cc(C(=O)N2CCC3(CC2)OCCc2ccsc23)c1. The highest BCUT2D eigenvalue weighted by atomic mass is 32.1. The van der Waals surface area contributed by atoms with Crippen molar-refractivity contribution in [3.63, 3.8) is 0 Å². The number of esters is 1. The Bertz CT molecular complexity index is 882. The zero-order valence-electron chi connectivity index (χ0n) is 15.1. The van der Waals surface area contributed by atoms with Gasteiger partial charge < -0.3 is 19.5 Å². The zero-order chi connectivity index (χ0) is 19.0. The number of phenolic OH excluding ortho intramolecular Hbond substituents is 1. The van der Waals surface area contributed by atoms with Crippen molar-refractivity contribution < 1.29 is 24.2 Å². The number of nitrogens with zero attached hydrogens (tertiary/aromatic N) is 1. The van der Waals surface area contributed by atoms with E-state index in [0.29, 0.717) is 19.7 Å². The van der Waals surface area contributed by atoms with Crippen LogP contribution in [0.1, 0.15) is 44.0 Å². The first-order chi connectivity index (χ1) is 13.0. The van der Waals surface area contributed by atoms with E-state index < -0.39 is 5.97 Å². The molecular weight excluding hydrogens is 366 g/mol. The molecule has 1 aromatic carbocycles. The Labute approximate surface area is 161 Å². The van der Waals surface area contributed by atoms with Crippen molar-refractivity contribution >= 4 is 23.2 Å². The predicted molar refractivity (Wildman–Crippen MR) is 100 cm³/mol. The van der Waals surface area contributed by atoms with Crippen LogP contribution in [0.4, 0.5) is 0 Å². The van der Waals surface area contributed by atoms with Gasteiger partial charge in [-0.2, -0.15) is 0 Å². The lowest BCUT2D eigenvalue weighted by atomic mass is 9.85. The highest BCUT2D eigenvalue weighted by Crippen LogP contribution is 2.44. The summed E-state index contributed by atoms with van der Waals surface area (Å²) in [5.41, 5.74) is 1.52. The molecule has 0 saturated carbocycles. The number of benzene rings is 1. The fourth-order valence-electron chi connectivity index (χ4n) is 3.95. The quantitative estimate of drug-likeness (QED) is 0.802. The van der Waals surface area contributed by atoms with E-state index in [2.05, 4.69) is 16.2 Å². The fourth-order valence-corrected chi connectivity index (χ4v) is 5.12. The van der Waals surface area contributed by atoms with Gasteiger partial charge in [0.15, 0.2) is 0 Å². The van der Waals surface area contributed by atoms with Crippen molar-refractivity contribution in [2.75, 3.05) is 26.8 Å². The highest BCUT2D eigenvalue weighted by molar-refractivity contribution is 7.10. The van der Waals surface area contributed by atoms with Crippen LogP contribution in [0.5, 0.6) is 5.75 Å². The number of ether oxygens (including phenoxy) is 2. The van der Waals surface area contributed by atoms with Gasteiger partial charge in [0.25, 0.3) is 5.91 Å². The Morgan fingerprint density at radius 3 is 2.70 bits per heavy atom. The summed E-state index contributed by atoms with van der Waals surface area (Å²) in [6.45, 7) is 1.85. The lowest BCUT2D eigenvalue weighted by Gasteiger charge is -2.43. The minimum absolute atomic E-state index is 0.131.